The maximum Gasteiger partial charge on any atom is 0.199 e. The summed E-state index contributed by atoms with van der Waals surface area (Å²) in [6.07, 6.45) is 0.986. The number of rotatable bonds is 5. The average molecular weight is 443 g/mol. The fourth-order valence-corrected chi connectivity index (χ4v) is 5.37. The zero-order valence-corrected chi connectivity index (χ0v) is 18.8. The van der Waals surface area contributed by atoms with Gasteiger partial charge in [0.25, 0.3) is 0 Å². The molecule has 5 heteroatoms. The number of aryl methyl sites for hydroxylation is 1. The minimum absolute atomic E-state index is 0.0781. The number of hydrogen-bond donors (Lipinski definition) is 0. The first-order valence-corrected chi connectivity index (χ1v) is 11.5. The van der Waals surface area contributed by atoms with E-state index < -0.39 is 17.1 Å². The van der Waals surface area contributed by atoms with Crippen LogP contribution in [0.4, 0.5) is 4.39 Å². The van der Waals surface area contributed by atoms with Gasteiger partial charge in [0.15, 0.2) is 17.1 Å². The van der Waals surface area contributed by atoms with Crippen LogP contribution in [0.1, 0.15) is 44.3 Å². The lowest BCUT2D eigenvalue weighted by molar-refractivity contribution is 0.0278. The molecule has 3 aromatic rings. The largest absolute Gasteiger partial charge is 0.297 e. The second-order valence-electron chi connectivity index (χ2n) is 8.78. The third kappa shape index (κ3) is 3.43. The molecular formula is C28H27FN2O2. The van der Waals surface area contributed by atoms with Crippen molar-refractivity contribution < 1.29 is 14.0 Å². The third-order valence-electron chi connectivity index (χ3n) is 7.07. The van der Waals surface area contributed by atoms with Crippen LogP contribution < -0.4 is 0 Å². The predicted molar refractivity (Wildman–Crippen MR) is 126 cm³/mol. The lowest BCUT2D eigenvalue weighted by atomic mass is 9.82. The van der Waals surface area contributed by atoms with Gasteiger partial charge in [-0.1, -0.05) is 73.7 Å². The van der Waals surface area contributed by atoms with Gasteiger partial charge in [-0.3, -0.25) is 19.4 Å². The molecule has 0 amide bonds. The van der Waals surface area contributed by atoms with Crippen molar-refractivity contribution in [2.24, 2.45) is 0 Å². The first kappa shape index (κ1) is 21.7. The number of hydrogen-bond acceptors (Lipinski definition) is 4. The summed E-state index contributed by atoms with van der Waals surface area (Å²) in [5.74, 6) is -1.40. The molecule has 3 aromatic carbocycles. The Balaban J connectivity index is 1.47. The Morgan fingerprint density at radius 2 is 1.45 bits per heavy atom. The Labute approximate surface area is 193 Å². The van der Waals surface area contributed by atoms with E-state index in [1.165, 1.54) is 23.3 Å². The van der Waals surface area contributed by atoms with Crippen molar-refractivity contribution >= 4 is 11.6 Å². The zero-order valence-electron chi connectivity index (χ0n) is 18.8. The van der Waals surface area contributed by atoms with Crippen molar-refractivity contribution in [2.45, 2.75) is 25.4 Å². The van der Waals surface area contributed by atoms with Crippen LogP contribution in [-0.4, -0.2) is 47.5 Å². The van der Waals surface area contributed by atoms with Crippen LogP contribution in [0.15, 0.2) is 72.8 Å². The first-order valence-electron chi connectivity index (χ1n) is 11.5. The summed E-state index contributed by atoms with van der Waals surface area (Å²) in [7, 11) is 0. The van der Waals surface area contributed by atoms with E-state index >= 15 is 0 Å². The molecule has 0 N–H and O–H groups in total. The molecule has 1 aliphatic heterocycles. The number of benzene rings is 3. The monoisotopic (exact) mass is 442 g/mol. The second-order valence-corrected chi connectivity index (χ2v) is 8.78. The average Bonchev–Trinajstić information content (AvgIpc) is 3.09. The smallest absolute Gasteiger partial charge is 0.199 e. The van der Waals surface area contributed by atoms with Crippen molar-refractivity contribution in [2.75, 3.05) is 26.2 Å². The molecule has 0 radical (unpaired) electrons. The van der Waals surface area contributed by atoms with E-state index in [2.05, 4.69) is 36.1 Å². The number of halogens is 1. The highest BCUT2D eigenvalue weighted by atomic mass is 19.1. The summed E-state index contributed by atoms with van der Waals surface area (Å²) < 4.78 is 14.7. The normalized spacial score (nSPS) is 21.4. The highest BCUT2D eigenvalue weighted by Gasteiger charge is 2.59. The SMILES string of the molecule is CCc1ccccc1CN1CCN(C2(c3ccccc3)C(=O)c3cccc(F)c3C2=O)CC1. The molecule has 1 unspecified atom stereocenters. The minimum atomic E-state index is -1.50. The molecular weight excluding hydrogens is 415 g/mol. The quantitative estimate of drug-likeness (QED) is 0.547. The van der Waals surface area contributed by atoms with Gasteiger partial charge in [0.05, 0.1) is 5.56 Å². The van der Waals surface area contributed by atoms with E-state index in [4.69, 9.17) is 0 Å². The fourth-order valence-electron chi connectivity index (χ4n) is 5.37. The second kappa shape index (κ2) is 8.65. The third-order valence-corrected chi connectivity index (χ3v) is 7.07. The Kier molecular flexibility index (Phi) is 5.69. The highest BCUT2D eigenvalue weighted by molar-refractivity contribution is 6.33. The van der Waals surface area contributed by atoms with Crippen molar-refractivity contribution in [3.05, 3.63) is 106 Å². The van der Waals surface area contributed by atoms with E-state index in [0.717, 1.165) is 26.1 Å². The Hall–Kier alpha value is -3.15. The Morgan fingerprint density at radius 1 is 0.788 bits per heavy atom. The Morgan fingerprint density at radius 3 is 2.12 bits per heavy atom. The summed E-state index contributed by atoms with van der Waals surface area (Å²) in [6, 6.07) is 21.9. The van der Waals surface area contributed by atoms with Crippen LogP contribution in [0.3, 0.4) is 0 Å². The van der Waals surface area contributed by atoms with Crippen molar-refractivity contribution in [3.63, 3.8) is 0 Å². The van der Waals surface area contributed by atoms with Gasteiger partial charge in [-0.25, -0.2) is 4.39 Å². The van der Waals surface area contributed by atoms with Crippen LogP contribution in [0, 0.1) is 5.82 Å². The molecule has 1 heterocycles. The van der Waals surface area contributed by atoms with Gasteiger partial charge in [0, 0.05) is 38.3 Å². The first-order chi connectivity index (χ1) is 16.1. The molecule has 1 saturated heterocycles. The molecule has 1 atom stereocenters. The van der Waals surface area contributed by atoms with Gasteiger partial charge in [-0.15, -0.1) is 0 Å². The van der Waals surface area contributed by atoms with Gasteiger partial charge in [-0.2, -0.15) is 0 Å². The number of nitrogens with zero attached hydrogens (tertiary/aromatic N) is 2. The van der Waals surface area contributed by atoms with E-state index in [9.17, 15) is 14.0 Å². The summed E-state index contributed by atoms with van der Waals surface area (Å²) in [5.41, 5.74) is 1.87. The number of carbonyl (C=O) groups is 2. The lowest BCUT2D eigenvalue weighted by Crippen LogP contribution is -2.60. The topological polar surface area (TPSA) is 40.6 Å². The maximum absolute atomic E-state index is 14.7. The highest BCUT2D eigenvalue weighted by Crippen LogP contribution is 2.43. The van der Waals surface area contributed by atoms with Crippen LogP contribution in [0.5, 0.6) is 0 Å². The van der Waals surface area contributed by atoms with E-state index in [1.807, 2.05) is 35.2 Å². The molecule has 1 fully saturated rings. The molecule has 0 saturated carbocycles. The number of carbonyl (C=O) groups excluding carboxylic acids is 2. The van der Waals surface area contributed by atoms with Crippen molar-refractivity contribution in [1.82, 2.24) is 9.80 Å². The van der Waals surface area contributed by atoms with E-state index in [1.54, 1.807) is 6.07 Å². The van der Waals surface area contributed by atoms with Gasteiger partial charge < -0.3 is 0 Å². The maximum atomic E-state index is 14.7. The zero-order chi connectivity index (χ0) is 23.0. The number of fused-ring (bicyclic) bond motifs is 1. The number of ketones is 2. The van der Waals surface area contributed by atoms with Crippen LogP contribution in [0.25, 0.3) is 0 Å². The lowest BCUT2D eigenvalue weighted by Gasteiger charge is -2.44. The molecule has 0 spiro atoms. The van der Waals surface area contributed by atoms with Crippen LogP contribution >= 0.6 is 0 Å². The van der Waals surface area contributed by atoms with Gasteiger partial charge in [0.1, 0.15) is 5.82 Å². The number of Topliss-reactive ketones (excluding diaryl/α,β-unsaturated/α-hetero) is 2. The molecule has 33 heavy (non-hydrogen) atoms. The molecule has 0 bridgehead atoms. The van der Waals surface area contributed by atoms with Crippen molar-refractivity contribution in [1.29, 1.82) is 0 Å². The molecule has 168 valence electrons. The van der Waals surface area contributed by atoms with Gasteiger partial charge in [-0.05, 0) is 29.2 Å². The summed E-state index contributed by atoms with van der Waals surface area (Å²) in [6.45, 7) is 5.56. The predicted octanol–water partition coefficient (Wildman–Crippen LogP) is 4.48. The van der Waals surface area contributed by atoms with Crippen LogP contribution in [-0.2, 0) is 18.5 Å². The molecule has 5 rings (SSSR count). The fraction of sp³-hybridized carbons (Fsp3) is 0.286. The number of piperazine rings is 1. The summed E-state index contributed by atoms with van der Waals surface area (Å²) in [4.78, 5) is 31.9. The summed E-state index contributed by atoms with van der Waals surface area (Å²) >= 11 is 0. The molecule has 4 nitrogen and oxygen atoms in total. The van der Waals surface area contributed by atoms with E-state index in [-0.39, 0.29) is 16.9 Å². The molecule has 1 aliphatic carbocycles. The summed E-state index contributed by atoms with van der Waals surface area (Å²) in [5, 5.41) is 0. The van der Waals surface area contributed by atoms with Gasteiger partial charge in [0.2, 0.25) is 0 Å². The van der Waals surface area contributed by atoms with Crippen LogP contribution in [0.2, 0.25) is 0 Å². The van der Waals surface area contributed by atoms with E-state index in [0.29, 0.717) is 18.7 Å². The Bertz CT molecular complexity index is 1200. The minimum Gasteiger partial charge on any atom is -0.297 e. The van der Waals surface area contributed by atoms with Gasteiger partial charge >= 0.3 is 0 Å². The standard InChI is InChI=1S/C28H27FN2O2/c1-2-20-9-6-7-10-21(20)19-30-15-17-31(18-16-30)28(22-11-4-3-5-12-22)26(32)23-13-8-14-24(29)25(23)27(28)33/h3-14H,2,15-19H2,1H3. The molecule has 0 aromatic heterocycles. The molecule has 2 aliphatic rings. The van der Waals surface area contributed by atoms with Crippen molar-refractivity contribution in [3.8, 4) is 0 Å².